The van der Waals surface area contributed by atoms with Gasteiger partial charge in [0.1, 0.15) is 6.04 Å². The van der Waals surface area contributed by atoms with Crippen molar-refractivity contribution in [1.82, 2.24) is 15.7 Å². The molecular weight excluding hydrogens is 453 g/mol. The van der Waals surface area contributed by atoms with E-state index in [0.717, 1.165) is 38.4 Å². The summed E-state index contributed by atoms with van der Waals surface area (Å²) in [6.07, 6.45) is 0.0289. The maximum atomic E-state index is 14.3. The SMILES string of the molecule is C[C@@H](O)[C@H](NC(=O)c1ccc(C=C(F)C#Cc2ccc(CN3CCOCC3)cc2)cc1)C(=O)NO. The molecule has 8 nitrogen and oxygen atoms in total. The number of carbonyl (C=O) groups is 2. The molecule has 2 amide bonds. The molecule has 0 bridgehead atoms. The average Bonchev–Trinajstić information content (AvgIpc) is 2.87. The lowest BCUT2D eigenvalue weighted by Crippen LogP contribution is -2.51. The fourth-order valence-electron chi connectivity index (χ4n) is 3.46. The number of aliphatic hydroxyl groups excluding tert-OH is 1. The van der Waals surface area contributed by atoms with Gasteiger partial charge in [-0.1, -0.05) is 30.2 Å². The minimum Gasteiger partial charge on any atom is -0.391 e. The molecule has 0 aliphatic carbocycles. The molecule has 0 radical (unpaired) electrons. The van der Waals surface area contributed by atoms with E-state index in [1.165, 1.54) is 42.7 Å². The van der Waals surface area contributed by atoms with Gasteiger partial charge in [-0.2, -0.15) is 4.39 Å². The third-order valence-corrected chi connectivity index (χ3v) is 5.42. The van der Waals surface area contributed by atoms with Crippen molar-refractivity contribution in [2.45, 2.75) is 25.6 Å². The molecule has 0 spiro atoms. The van der Waals surface area contributed by atoms with Crippen LogP contribution >= 0.6 is 0 Å². The van der Waals surface area contributed by atoms with Gasteiger partial charge < -0.3 is 15.2 Å². The number of morpholine rings is 1. The van der Waals surface area contributed by atoms with Gasteiger partial charge >= 0.3 is 0 Å². The van der Waals surface area contributed by atoms with Crippen LogP contribution in [0.1, 0.15) is 34.0 Å². The molecule has 1 aliphatic rings. The summed E-state index contributed by atoms with van der Waals surface area (Å²) in [5, 5.41) is 20.7. The summed E-state index contributed by atoms with van der Waals surface area (Å²) >= 11 is 0. The van der Waals surface area contributed by atoms with Crippen molar-refractivity contribution in [1.29, 1.82) is 0 Å². The van der Waals surface area contributed by atoms with Crippen molar-refractivity contribution < 1.29 is 29.0 Å². The molecule has 0 aromatic heterocycles. The predicted molar refractivity (Wildman–Crippen MR) is 128 cm³/mol. The maximum absolute atomic E-state index is 14.3. The summed E-state index contributed by atoms with van der Waals surface area (Å²) in [5.74, 6) is 3.08. The largest absolute Gasteiger partial charge is 0.391 e. The summed E-state index contributed by atoms with van der Waals surface area (Å²) in [6, 6.07) is 12.3. The highest BCUT2D eigenvalue weighted by Crippen LogP contribution is 2.12. The Hall–Kier alpha value is -3.55. The number of hydrogen-bond donors (Lipinski definition) is 4. The van der Waals surface area contributed by atoms with Crippen LogP contribution in [0.3, 0.4) is 0 Å². The maximum Gasteiger partial charge on any atom is 0.268 e. The van der Waals surface area contributed by atoms with E-state index < -0.39 is 29.8 Å². The van der Waals surface area contributed by atoms with Gasteiger partial charge in [0.15, 0.2) is 5.83 Å². The second kappa shape index (κ2) is 12.8. The first-order chi connectivity index (χ1) is 16.9. The molecule has 1 saturated heterocycles. The number of allylic oxidation sites excluding steroid dienone is 1. The van der Waals surface area contributed by atoms with Gasteiger partial charge in [0.05, 0.1) is 19.3 Å². The van der Waals surface area contributed by atoms with E-state index in [2.05, 4.69) is 22.1 Å². The Morgan fingerprint density at radius 3 is 2.40 bits per heavy atom. The van der Waals surface area contributed by atoms with Crippen LogP contribution in [-0.2, 0) is 16.1 Å². The lowest BCUT2D eigenvalue weighted by atomic mass is 10.1. The molecule has 0 unspecified atom stereocenters. The second-order valence-electron chi connectivity index (χ2n) is 8.12. The van der Waals surface area contributed by atoms with Crippen LogP contribution in [0.5, 0.6) is 0 Å². The molecular formula is C26H28FN3O5. The molecule has 4 N–H and O–H groups in total. The molecule has 0 saturated carbocycles. The molecule has 184 valence electrons. The summed E-state index contributed by atoms with van der Waals surface area (Å²) in [6.45, 7) is 5.46. The number of rotatable bonds is 7. The molecule has 1 heterocycles. The number of hydrogen-bond acceptors (Lipinski definition) is 6. The van der Waals surface area contributed by atoms with E-state index in [0.29, 0.717) is 11.1 Å². The molecule has 35 heavy (non-hydrogen) atoms. The fourth-order valence-corrected chi connectivity index (χ4v) is 3.46. The van der Waals surface area contributed by atoms with Crippen molar-refractivity contribution >= 4 is 17.9 Å². The number of aliphatic hydroxyl groups is 1. The van der Waals surface area contributed by atoms with E-state index in [4.69, 9.17) is 9.94 Å². The van der Waals surface area contributed by atoms with Gasteiger partial charge in [-0.3, -0.25) is 19.7 Å². The van der Waals surface area contributed by atoms with Gasteiger partial charge in [-0.15, -0.1) is 0 Å². The second-order valence-corrected chi connectivity index (χ2v) is 8.12. The smallest absolute Gasteiger partial charge is 0.268 e. The number of amides is 2. The zero-order valence-corrected chi connectivity index (χ0v) is 19.3. The first-order valence-electron chi connectivity index (χ1n) is 11.2. The van der Waals surface area contributed by atoms with Crippen LogP contribution in [0.4, 0.5) is 4.39 Å². The molecule has 2 aromatic rings. The average molecular weight is 482 g/mol. The summed E-state index contributed by atoms with van der Waals surface area (Å²) in [7, 11) is 0. The van der Waals surface area contributed by atoms with Crippen LogP contribution in [0.25, 0.3) is 6.08 Å². The van der Waals surface area contributed by atoms with Crippen molar-refractivity contribution in [3.05, 3.63) is 76.6 Å². The van der Waals surface area contributed by atoms with Gasteiger partial charge in [0, 0.05) is 30.8 Å². The lowest BCUT2D eigenvalue weighted by molar-refractivity contribution is -0.133. The number of carbonyl (C=O) groups excluding carboxylic acids is 2. The van der Waals surface area contributed by atoms with Gasteiger partial charge in [-0.25, -0.2) is 5.48 Å². The molecule has 1 fully saturated rings. The highest BCUT2D eigenvalue weighted by Gasteiger charge is 2.25. The van der Waals surface area contributed by atoms with Gasteiger partial charge in [-0.05, 0) is 54.3 Å². The minimum atomic E-state index is -1.33. The van der Waals surface area contributed by atoms with E-state index in [9.17, 15) is 19.1 Å². The molecule has 2 atom stereocenters. The monoisotopic (exact) mass is 481 g/mol. The van der Waals surface area contributed by atoms with Crippen molar-refractivity contribution in [3.63, 3.8) is 0 Å². The van der Waals surface area contributed by atoms with Crippen molar-refractivity contribution in [2.24, 2.45) is 0 Å². The van der Waals surface area contributed by atoms with Crippen molar-refractivity contribution in [3.8, 4) is 11.8 Å². The van der Waals surface area contributed by atoms with Crippen LogP contribution < -0.4 is 10.8 Å². The topological polar surface area (TPSA) is 111 Å². The van der Waals surface area contributed by atoms with E-state index in [1.807, 2.05) is 24.3 Å². The Morgan fingerprint density at radius 2 is 1.80 bits per heavy atom. The van der Waals surface area contributed by atoms with Crippen molar-refractivity contribution in [2.75, 3.05) is 26.3 Å². The normalized spacial score (nSPS) is 15.9. The van der Waals surface area contributed by atoms with Crippen LogP contribution in [-0.4, -0.2) is 65.5 Å². The molecule has 2 aromatic carbocycles. The number of benzene rings is 2. The number of hydroxylamine groups is 1. The number of nitrogens with zero attached hydrogens (tertiary/aromatic N) is 1. The predicted octanol–water partition coefficient (Wildman–Crippen LogP) is 1.87. The summed E-state index contributed by atoms with van der Waals surface area (Å²) < 4.78 is 19.7. The Balaban J connectivity index is 1.58. The quantitative estimate of drug-likeness (QED) is 0.273. The lowest BCUT2D eigenvalue weighted by Gasteiger charge is -2.26. The van der Waals surface area contributed by atoms with Crippen LogP contribution in [0.15, 0.2) is 54.4 Å². The fraction of sp³-hybridized carbons (Fsp3) is 0.308. The Labute approximate surface area is 203 Å². The number of halogens is 1. The van der Waals surface area contributed by atoms with E-state index in [1.54, 1.807) is 0 Å². The highest BCUT2D eigenvalue weighted by atomic mass is 19.1. The minimum absolute atomic E-state index is 0.196. The standard InChI is InChI=1S/C26H28FN3O5/c1-18(31)24(26(33)29-34)28-25(32)22-9-6-20(7-10-22)16-23(27)11-8-19-2-4-21(5-3-19)17-30-12-14-35-15-13-30/h2-7,9-10,16,18,24,31,34H,12-15,17H2,1H3,(H,28,32)(H,29,33)/t18-,24+/m1/s1. The van der Waals surface area contributed by atoms with Crippen LogP contribution in [0, 0.1) is 11.8 Å². The third kappa shape index (κ3) is 8.02. The molecule has 9 heteroatoms. The first kappa shape index (κ1) is 26.1. The first-order valence-corrected chi connectivity index (χ1v) is 11.2. The Morgan fingerprint density at radius 1 is 1.14 bits per heavy atom. The van der Waals surface area contributed by atoms with Crippen LogP contribution in [0.2, 0.25) is 0 Å². The molecule has 3 rings (SSSR count). The van der Waals surface area contributed by atoms with E-state index in [-0.39, 0.29) is 5.56 Å². The zero-order valence-electron chi connectivity index (χ0n) is 19.3. The summed E-state index contributed by atoms with van der Waals surface area (Å²) in [5.41, 5.74) is 3.95. The summed E-state index contributed by atoms with van der Waals surface area (Å²) in [4.78, 5) is 26.2. The highest BCUT2D eigenvalue weighted by molar-refractivity contribution is 5.97. The Kier molecular flexibility index (Phi) is 9.52. The zero-order chi connectivity index (χ0) is 25.2. The van der Waals surface area contributed by atoms with Gasteiger partial charge in [0.2, 0.25) is 0 Å². The van der Waals surface area contributed by atoms with E-state index >= 15 is 0 Å². The number of ether oxygens (including phenoxy) is 1. The Bertz CT molecular complexity index is 1100. The van der Waals surface area contributed by atoms with Gasteiger partial charge in [0.25, 0.3) is 11.8 Å². The molecule has 1 aliphatic heterocycles. The number of nitrogens with one attached hydrogen (secondary N) is 2. The third-order valence-electron chi connectivity index (χ3n) is 5.42.